The van der Waals surface area contributed by atoms with Gasteiger partial charge in [0.1, 0.15) is 29.9 Å². The van der Waals surface area contributed by atoms with Crippen LogP contribution in [0.15, 0.2) is 36.8 Å². The van der Waals surface area contributed by atoms with Crippen molar-refractivity contribution in [1.29, 1.82) is 0 Å². The van der Waals surface area contributed by atoms with Crippen LogP contribution in [0.1, 0.15) is 17.7 Å². The summed E-state index contributed by atoms with van der Waals surface area (Å²) in [5, 5.41) is 35.8. The quantitative estimate of drug-likeness (QED) is 0.132. The number of carboxylic acid groups (broad SMARTS) is 1. The Morgan fingerprint density at radius 2 is 1.59 bits per heavy atom. The standard InChI is InChI=1S/C23H32N6O7S/c1-37-7-6-17(23(35)36)27-21(33)18(8-13-2-4-15(31)5-3-13)29-22(34)19(9-14-10-25-12-26-14)28-20(32)16(24)11-30/h2-5,10,12,16-19,30-31H,6-9,11,24H2,1H3,(H,25,26)(H,27,33)(H,28,32)(H,29,34)(H,35,36). The Labute approximate surface area is 217 Å². The van der Waals surface area contributed by atoms with Crippen molar-refractivity contribution in [3.05, 3.63) is 48.0 Å². The van der Waals surface area contributed by atoms with E-state index in [4.69, 9.17) is 5.73 Å². The number of nitrogens with zero attached hydrogens (tertiary/aromatic N) is 1. The number of carbonyl (C=O) groups is 4. The normalized spacial score (nSPS) is 14.1. The molecule has 2 rings (SSSR count). The molecule has 37 heavy (non-hydrogen) atoms. The number of amides is 3. The van der Waals surface area contributed by atoms with E-state index in [9.17, 15) is 34.5 Å². The molecule has 202 valence electrons. The summed E-state index contributed by atoms with van der Waals surface area (Å²) in [6.45, 7) is -0.636. The number of hydrogen-bond donors (Lipinski definition) is 8. The van der Waals surface area contributed by atoms with Gasteiger partial charge in [0.05, 0.1) is 12.9 Å². The third-order valence-corrected chi connectivity index (χ3v) is 6.02. The van der Waals surface area contributed by atoms with Crippen LogP contribution in [0, 0.1) is 0 Å². The van der Waals surface area contributed by atoms with Gasteiger partial charge in [0.15, 0.2) is 0 Å². The summed E-state index contributed by atoms with van der Waals surface area (Å²) in [6, 6.07) is 1.14. The van der Waals surface area contributed by atoms with E-state index in [-0.39, 0.29) is 25.0 Å². The van der Waals surface area contributed by atoms with Crippen molar-refractivity contribution >= 4 is 35.5 Å². The molecule has 14 heteroatoms. The zero-order chi connectivity index (χ0) is 27.4. The van der Waals surface area contributed by atoms with E-state index < -0.39 is 54.5 Å². The van der Waals surface area contributed by atoms with Crippen molar-refractivity contribution in [2.45, 2.75) is 43.4 Å². The number of thioether (sulfide) groups is 1. The maximum Gasteiger partial charge on any atom is 0.326 e. The second kappa shape index (κ2) is 14.8. The monoisotopic (exact) mass is 536 g/mol. The molecule has 0 bridgehead atoms. The largest absolute Gasteiger partial charge is 0.508 e. The molecule has 4 atom stereocenters. The Kier molecular flexibility index (Phi) is 11.9. The van der Waals surface area contributed by atoms with Gasteiger partial charge in [0, 0.05) is 24.7 Å². The van der Waals surface area contributed by atoms with Crippen molar-refractivity contribution in [2.75, 3.05) is 18.6 Å². The lowest BCUT2D eigenvalue weighted by Crippen LogP contribution is -2.58. The molecule has 9 N–H and O–H groups in total. The molecule has 0 saturated carbocycles. The van der Waals surface area contributed by atoms with Crippen molar-refractivity contribution in [3.63, 3.8) is 0 Å². The van der Waals surface area contributed by atoms with E-state index in [1.165, 1.54) is 36.4 Å². The van der Waals surface area contributed by atoms with Crippen LogP contribution in [0.5, 0.6) is 5.75 Å². The first-order valence-corrected chi connectivity index (χ1v) is 12.8. The maximum atomic E-state index is 13.3. The summed E-state index contributed by atoms with van der Waals surface area (Å²) in [4.78, 5) is 57.1. The van der Waals surface area contributed by atoms with Gasteiger partial charge in [0.25, 0.3) is 0 Å². The third kappa shape index (κ3) is 9.74. The van der Waals surface area contributed by atoms with E-state index in [0.29, 0.717) is 17.0 Å². The first-order chi connectivity index (χ1) is 17.6. The van der Waals surface area contributed by atoms with E-state index in [2.05, 4.69) is 25.9 Å². The van der Waals surface area contributed by atoms with Gasteiger partial charge in [-0.1, -0.05) is 12.1 Å². The van der Waals surface area contributed by atoms with E-state index in [1.807, 2.05) is 6.26 Å². The number of nitrogens with one attached hydrogen (secondary N) is 4. The van der Waals surface area contributed by atoms with Crippen LogP contribution in [0.4, 0.5) is 0 Å². The molecule has 3 amide bonds. The second-order valence-corrected chi connectivity index (χ2v) is 9.23. The van der Waals surface area contributed by atoms with Gasteiger partial charge in [-0.25, -0.2) is 9.78 Å². The van der Waals surface area contributed by atoms with Crippen LogP contribution >= 0.6 is 11.8 Å². The number of phenols is 1. The third-order valence-electron chi connectivity index (χ3n) is 5.38. The molecule has 0 aliphatic carbocycles. The van der Waals surface area contributed by atoms with Gasteiger partial charge in [-0.3, -0.25) is 14.4 Å². The van der Waals surface area contributed by atoms with Gasteiger partial charge in [-0.15, -0.1) is 0 Å². The molecule has 13 nitrogen and oxygen atoms in total. The summed E-state index contributed by atoms with van der Waals surface area (Å²) in [5.74, 6) is -2.93. The predicted octanol–water partition coefficient (Wildman–Crippen LogP) is -1.49. The van der Waals surface area contributed by atoms with Crippen LogP contribution in [-0.4, -0.2) is 91.8 Å². The summed E-state index contributed by atoms with van der Waals surface area (Å²) in [6.07, 6.45) is 4.81. The average Bonchev–Trinajstić information content (AvgIpc) is 3.39. The first kappa shape index (κ1) is 29.6. The number of imidazole rings is 1. The number of aromatic amines is 1. The van der Waals surface area contributed by atoms with Crippen molar-refractivity contribution in [2.24, 2.45) is 5.73 Å². The lowest BCUT2D eigenvalue weighted by atomic mass is 10.0. The number of aromatic hydroxyl groups is 1. The molecule has 0 radical (unpaired) electrons. The predicted molar refractivity (Wildman–Crippen MR) is 136 cm³/mol. The molecule has 1 heterocycles. The molecule has 0 saturated heterocycles. The summed E-state index contributed by atoms with van der Waals surface area (Å²) in [7, 11) is 0. The second-order valence-electron chi connectivity index (χ2n) is 8.24. The van der Waals surface area contributed by atoms with Gasteiger partial charge >= 0.3 is 5.97 Å². The minimum absolute atomic E-state index is 0.0133. The fourth-order valence-electron chi connectivity index (χ4n) is 3.30. The van der Waals surface area contributed by atoms with Crippen LogP contribution in [0.25, 0.3) is 0 Å². The number of aromatic nitrogens is 2. The zero-order valence-corrected chi connectivity index (χ0v) is 21.0. The number of H-pyrrole nitrogens is 1. The molecule has 4 unspecified atom stereocenters. The Morgan fingerprint density at radius 3 is 2.14 bits per heavy atom. The van der Waals surface area contributed by atoms with Gasteiger partial charge in [-0.2, -0.15) is 11.8 Å². The number of nitrogens with two attached hydrogens (primary N) is 1. The van der Waals surface area contributed by atoms with Crippen LogP contribution in [0.2, 0.25) is 0 Å². The molecular formula is C23H32N6O7S. The number of aliphatic carboxylic acids is 1. The van der Waals surface area contributed by atoms with Crippen LogP contribution in [0.3, 0.4) is 0 Å². The summed E-state index contributed by atoms with van der Waals surface area (Å²) >= 11 is 1.43. The Bertz CT molecular complexity index is 1030. The number of carbonyl (C=O) groups excluding carboxylic acids is 3. The lowest BCUT2D eigenvalue weighted by Gasteiger charge is -2.25. The molecule has 0 fully saturated rings. The SMILES string of the molecule is CSCCC(NC(=O)C(Cc1ccc(O)cc1)NC(=O)C(Cc1cnc[nH]1)NC(=O)C(N)CO)C(=O)O. The van der Waals surface area contributed by atoms with Crippen molar-refractivity contribution < 1.29 is 34.5 Å². The molecule has 0 aliphatic rings. The van der Waals surface area contributed by atoms with E-state index in [1.54, 1.807) is 12.1 Å². The Morgan fingerprint density at radius 1 is 1.00 bits per heavy atom. The highest BCUT2D eigenvalue weighted by Gasteiger charge is 2.30. The summed E-state index contributed by atoms with van der Waals surface area (Å²) in [5.41, 5.74) is 6.67. The highest BCUT2D eigenvalue weighted by molar-refractivity contribution is 7.98. The smallest absolute Gasteiger partial charge is 0.326 e. The van der Waals surface area contributed by atoms with Gasteiger partial charge < -0.3 is 42.0 Å². The fraction of sp³-hybridized carbons (Fsp3) is 0.435. The first-order valence-electron chi connectivity index (χ1n) is 11.4. The van der Waals surface area contributed by atoms with Crippen molar-refractivity contribution in [3.8, 4) is 5.75 Å². The molecular weight excluding hydrogens is 504 g/mol. The number of aliphatic hydroxyl groups excluding tert-OH is 1. The van der Waals surface area contributed by atoms with E-state index >= 15 is 0 Å². The Hall–Kier alpha value is -3.62. The zero-order valence-electron chi connectivity index (χ0n) is 20.2. The number of phenolic OH excluding ortho intramolecular Hbond substituents is 1. The number of hydrogen-bond acceptors (Lipinski definition) is 9. The van der Waals surface area contributed by atoms with Crippen LogP contribution < -0.4 is 21.7 Å². The lowest BCUT2D eigenvalue weighted by molar-refractivity contribution is -0.142. The number of carboxylic acids is 1. The minimum atomic E-state index is -1.26. The maximum absolute atomic E-state index is 13.3. The number of benzene rings is 1. The fourth-order valence-corrected chi connectivity index (χ4v) is 3.77. The molecule has 1 aromatic heterocycles. The Balaban J connectivity index is 2.27. The number of rotatable bonds is 15. The van der Waals surface area contributed by atoms with Crippen molar-refractivity contribution in [1.82, 2.24) is 25.9 Å². The molecule has 1 aromatic carbocycles. The molecule has 0 spiro atoms. The van der Waals surface area contributed by atoms with Gasteiger partial charge in [0.2, 0.25) is 17.7 Å². The van der Waals surface area contributed by atoms with Gasteiger partial charge in [-0.05, 0) is 36.1 Å². The highest BCUT2D eigenvalue weighted by atomic mass is 32.2. The van der Waals surface area contributed by atoms with E-state index in [0.717, 1.165) is 0 Å². The number of aliphatic hydroxyl groups is 1. The molecule has 0 aliphatic heterocycles. The van der Waals surface area contributed by atoms with Crippen LogP contribution in [-0.2, 0) is 32.0 Å². The average molecular weight is 537 g/mol. The topological polar surface area (TPSA) is 220 Å². The molecule has 2 aromatic rings. The minimum Gasteiger partial charge on any atom is -0.508 e. The summed E-state index contributed by atoms with van der Waals surface area (Å²) < 4.78 is 0. The highest BCUT2D eigenvalue weighted by Crippen LogP contribution is 2.12.